The van der Waals surface area contributed by atoms with Crippen molar-refractivity contribution in [2.45, 2.75) is 26.2 Å². The van der Waals surface area contributed by atoms with Crippen molar-refractivity contribution in [1.29, 1.82) is 0 Å². The first-order chi connectivity index (χ1) is 11.5. The van der Waals surface area contributed by atoms with Gasteiger partial charge >= 0.3 is 0 Å². The summed E-state index contributed by atoms with van der Waals surface area (Å²) in [7, 11) is 0. The van der Waals surface area contributed by atoms with Crippen LogP contribution in [0, 0.1) is 11.7 Å². The Kier molecular flexibility index (Phi) is 7.17. The molecule has 0 aliphatic carbocycles. The molecule has 1 atom stereocenters. The van der Waals surface area contributed by atoms with Crippen molar-refractivity contribution in [3.05, 3.63) is 28.5 Å². The maximum atomic E-state index is 13.7. The van der Waals surface area contributed by atoms with Crippen molar-refractivity contribution < 1.29 is 14.0 Å². The Balaban J connectivity index is 1.79. The van der Waals surface area contributed by atoms with Gasteiger partial charge in [0.25, 0.3) is 0 Å². The number of nitrogens with zero attached hydrogens (tertiary/aromatic N) is 1. The third-order valence-electron chi connectivity index (χ3n) is 4.09. The molecule has 5 nitrogen and oxygen atoms in total. The molecule has 0 radical (unpaired) electrons. The van der Waals surface area contributed by atoms with Crippen molar-refractivity contribution in [3.8, 4) is 0 Å². The molecule has 2 N–H and O–H groups in total. The molecule has 1 heterocycles. The van der Waals surface area contributed by atoms with Crippen LogP contribution in [-0.4, -0.2) is 42.9 Å². The lowest BCUT2D eigenvalue weighted by atomic mass is 9.97. The normalized spacial score (nSPS) is 18.2. The number of anilines is 1. The molecule has 1 unspecified atom stereocenters. The Labute approximate surface area is 150 Å². The average molecular weight is 400 g/mol. The lowest BCUT2D eigenvalue weighted by Crippen LogP contribution is -2.43. The summed E-state index contributed by atoms with van der Waals surface area (Å²) in [5, 5.41) is 5.44. The number of amides is 2. The standard InChI is InChI=1S/C17H23BrFN3O2/c1-2-20-17(24)12-4-3-8-22(11-12)9-7-16(23)21-15-6-5-13(18)10-14(15)19/h5-6,10,12H,2-4,7-9,11H2,1H3,(H,20,24)(H,21,23). The first kappa shape index (κ1) is 18.9. The summed E-state index contributed by atoms with van der Waals surface area (Å²) < 4.78 is 14.3. The van der Waals surface area contributed by atoms with Gasteiger partial charge in [-0.2, -0.15) is 0 Å². The van der Waals surface area contributed by atoms with Gasteiger partial charge in [-0.05, 0) is 44.5 Å². The van der Waals surface area contributed by atoms with Crippen LogP contribution in [0.3, 0.4) is 0 Å². The maximum absolute atomic E-state index is 13.7. The SMILES string of the molecule is CCNC(=O)C1CCCN(CCC(=O)Nc2ccc(Br)cc2F)C1. The van der Waals surface area contributed by atoms with E-state index < -0.39 is 5.82 Å². The summed E-state index contributed by atoms with van der Waals surface area (Å²) in [5.74, 6) is -0.613. The Bertz CT molecular complexity index is 597. The summed E-state index contributed by atoms with van der Waals surface area (Å²) >= 11 is 3.18. The third kappa shape index (κ3) is 5.56. The number of halogens is 2. The van der Waals surface area contributed by atoms with E-state index in [0.29, 0.717) is 24.1 Å². The molecule has 0 spiro atoms. The topological polar surface area (TPSA) is 61.4 Å². The van der Waals surface area contributed by atoms with Gasteiger partial charge in [0.15, 0.2) is 0 Å². The van der Waals surface area contributed by atoms with Gasteiger partial charge < -0.3 is 15.5 Å². The second-order valence-corrected chi connectivity index (χ2v) is 6.87. The molecule has 132 valence electrons. The number of carbonyl (C=O) groups is 2. The van der Waals surface area contributed by atoms with Crippen LogP contribution in [-0.2, 0) is 9.59 Å². The molecule has 1 saturated heterocycles. The van der Waals surface area contributed by atoms with E-state index in [4.69, 9.17) is 0 Å². The van der Waals surface area contributed by atoms with Crippen molar-refractivity contribution in [2.75, 3.05) is 31.5 Å². The number of hydrogen-bond acceptors (Lipinski definition) is 3. The third-order valence-corrected chi connectivity index (χ3v) is 4.58. The Morgan fingerprint density at radius 3 is 2.92 bits per heavy atom. The molecule has 1 aliphatic rings. The van der Waals surface area contributed by atoms with Crippen LogP contribution in [0.25, 0.3) is 0 Å². The Morgan fingerprint density at radius 1 is 1.42 bits per heavy atom. The van der Waals surface area contributed by atoms with E-state index in [-0.39, 0.29) is 29.8 Å². The molecule has 0 aromatic heterocycles. The highest BCUT2D eigenvalue weighted by molar-refractivity contribution is 9.10. The van der Waals surface area contributed by atoms with Gasteiger partial charge in [0, 0.05) is 30.5 Å². The van der Waals surface area contributed by atoms with Gasteiger partial charge in [0.1, 0.15) is 5.82 Å². The minimum Gasteiger partial charge on any atom is -0.356 e. The maximum Gasteiger partial charge on any atom is 0.225 e. The summed E-state index contributed by atoms with van der Waals surface area (Å²) in [6, 6.07) is 4.53. The van der Waals surface area contributed by atoms with Crippen LogP contribution in [0.4, 0.5) is 10.1 Å². The molecule has 7 heteroatoms. The number of benzene rings is 1. The second kappa shape index (κ2) is 9.13. The number of piperidine rings is 1. The number of carbonyl (C=O) groups excluding carboxylic acids is 2. The van der Waals surface area contributed by atoms with E-state index in [1.54, 1.807) is 6.07 Å². The summed E-state index contributed by atoms with van der Waals surface area (Å²) in [6.07, 6.45) is 2.11. The molecule has 1 aromatic carbocycles. The number of nitrogens with one attached hydrogen (secondary N) is 2. The van der Waals surface area contributed by atoms with Crippen LogP contribution in [0.1, 0.15) is 26.2 Å². The fraction of sp³-hybridized carbons (Fsp3) is 0.529. The number of hydrogen-bond donors (Lipinski definition) is 2. The molecule has 1 fully saturated rings. The van der Waals surface area contributed by atoms with Gasteiger partial charge in [0.05, 0.1) is 11.6 Å². The second-order valence-electron chi connectivity index (χ2n) is 5.96. The van der Waals surface area contributed by atoms with Gasteiger partial charge in [-0.1, -0.05) is 15.9 Å². The highest BCUT2D eigenvalue weighted by Crippen LogP contribution is 2.20. The van der Waals surface area contributed by atoms with Crippen molar-refractivity contribution in [2.24, 2.45) is 5.92 Å². The highest BCUT2D eigenvalue weighted by Gasteiger charge is 2.25. The number of likely N-dealkylation sites (tertiary alicyclic amines) is 1. The minimum absolute atomic E-state index is 0.00863. The lowest BCUT2D eigenvalue weighted by Gasteiger charge is -2.31. The van der Waals surface area contributed by atoms with E-state index in [9.17, 15) is 14.0 Å². The zero-order valence-electron chi connectivity index (χ0n) is 13.8. The van der Waals surface area contributed by atoms with E-state index >= 15 is 0 Å². The quantitative estimate of drug-likeness (QED) is 0.772. The Hall–Kier alpha value is -1.47. The fourth-order valence-corrected chi connectivity index (χ4v) is 3.19. The van der Waals surface area contributed by atoms with Gasteiger partial charge in [-0.15, -0.1) is 0 Å². The lowest BCUT2D eigenvalue weighted by molar-refractivity contribution is -0.126. The van der Waals surface area contributed by atoms with Gasteiger partial charge in [-0.25, -0.2) is 4.39 Å². The van der Waals surface area contributed by atoms with Crippen LogP contribution < -0.4 is 10.6 Å². The molecule has 0 saturated carbocycles. The molecule has 0 bridgehead atoms. The van der Waals surface area contributed by atoms with E-state index in [1.165, 1.54) is 12.1 Å². The molecule has 24 heavy (non-hydrogen) atoms. The zero-order chi connectivity index (χ0) is 17.5. The van der Waals surface area contributed by atoms with Crippen molar-refractivity contribution >= 4 is 33.4 Å². The van der Waals surface area contributed by atoms with Crippen LogP contribution >= 0.6 is 15.9 Å². The number of rotatable bonds is 6. The first-order valence-corrected chi connectivity index (χ1v) is 9.04. The zero-order valence-corrected chi connectivity index (χ0v) is 15.4. The molecule has 1 aromatic rings. The minimum atomic E-state index is -0.466. The summed E-state index contributed by atoms with van der Waals surface area (Å²) in [5.41, 5.74) is 0.182. The van der Waals surface area contributed by atoms with Gasteiger partial charge in [-0.3, -0.25) is 9.59 Å². The smallest absolute Gasteiger partial charge is 0.225 e. The molecule has 2 rings (SSSR count). The van der Waals surface area contributed by atoms with Crippen LogP contribution in [0.15, 0.2) is 22.7 Å². The van der Waals surface area contributed by atoms with Gasteiger partial charge in [0.2, 0.25) is 11.8 Å². The van der Waals surface area contributed by atoms with Crippen LogP contribution in [0.5, 0.6) is 0 Å². The fourth-order valence-electron chi connectivity index (χ4n) is 2.85. The average Bonchev–Trinajstić information content (AvgIpc) is 2.56. The van der Waals surface area contributed by atoms with E-state index in [0.717, 1.165) is 19.4 Å². The van der Waals surface area contributed by atoms with Crippen molar-refractivity contribution in [1.82, 2.24) is 10.2 Å². The molecule has 2 amide bonds. The molecular weight excluding hydrogens is 377 g/mol. The summed E-state index contributed by atoms with van der Waals surface area (Å²) in [6.45, 7) is 4.67. The van der Waals surface area contributed by atoms with E-state index in [1.807, 2.05) is 6.92 Å². The molecular formula is C17H23BrFN3O2. The predicted molar refractivity (Wildman–Crippen MR) is 95.2 cm³/mol. The predicted octanol–water partition coefficient (Wildman–Crippen LogP) is 2.76. The van der Waals surface area contributed by atoms with Crippen molar-refractivity contribution in [3.63, 3.8) is 0 Å². The highest BCUT2D eigenvalue weighted by atomic mass is 79.9. The van der Waals surface area contributed by atoms with Crippen LogP contribution in [0.2, 0.25) is 0 Å². The molecule has 1 aliphatic heterocycles. The summed E-state index contributed by atoms with van der Waals surface area (Å²) in [4.78, 5) is 26.1. The largest absolute Gasteiger partial charge is 0.356 e. The monoisotopic (exact) mass is 399 g/mol. The first-order valence-electron chi connectivity index (χ1n) is 8.24. The Morgan fingerprint density at radius 2 is 2.21 bits per heavy atom. The van der Waals surface area contributed by atoms with E-state index in [2.05, 4.69) is 31.5 Å².